The van der Waals surface area contributed by atoms with Gasteiger partial charge in [0.15, 0.2) is 9.92 Å². The first-order chi connectivity index (χ1) is 16.6. The largest absolute Gasteiger partial charge is 0.297 e. The molecular weight excluding hydrogens is 472 g/mol. The number of nitrogens with zero attached hydrogens (tertiary/aromatic N) is 6. The number of fused-ring (bicyclic) bond motifs is 2. The van der Waals surface area contributed by atoms with Gasteiger partial charge in [0.1, 0.15) is 0 Å². The van der Waals surface area contributed by atoms with Crippen LogP contribution in [-0.2, 0) is 22.4 Å². The monoisotopic (exact) mass is 490 g/mol. The lowest BCUT2D eigenvalue weighted by Gasteiger charge is -1.99. The molecule has 5 rings (SSSR count). The van der Waals surface area contributed by atoms with Crippen molar-refractivity contribution in [2.75, 3.05) is 0 Å². The van der Waals surface area contributed by atoms with Crippen molar-refractivity contribution in [1.29, 1.82) is 0 Å². The molecule has 10 nitrogen and oxygen atoms in total. The van der Waals surface area contributed by atoms with Gasteiger partial charge in [-0.2, -0.15) is 10.2 Å². The van der Waals surface area contributed by atoms with Gasteiger partial charge in [0, 0.05) is 35.5 Å². The maximum Gasteiger partial charge on any atom is 0.246 e. The van der Waals surface area contributed by atoms with E-state index in [-0.39, 0.29) is 24.7 Å². The van der Waals surface area contributed by atoms with E-state index in [2.05, 4.69) is 31.0 Å². The first-order valence-electron chi connectivity index (χ1n) is 10.2. The number of amides is 2. The van der Waals surface area contributed by atoms with Crippen LogP contribution in [0.2, 0.25) is 0 Å². The summed E-state index contributed by atoms with van der Waals surface area (Å²) in [4.78, 5) is 34.7. The molecule has 0 unspecified atom stereocenters. The van der Waals surface area contributed by atoms with E-state index in [1.54, 1.807) is 12.4 Å². The number of benzene rings is 1. The van der Waals surface area contributed by atoms with E-state index < -0.39 is 0 Å². The zero-order valence-electron chi connectivity index (χ0n) is 17.7. The Morgan fingerprint density at radius 3 is 1.82 bits per heavy atom. The van der Waals surface area contributed by atoms with Gasteiger partial charge in [-0.25, -0.2) is 20.8 Å². The van der Waals surface area contributed by atoms with Crippen molar-refractivity contribution in [1.82, 2.24) is 29.6 Å². The van der Waals surface area contributed by atoms with Gasteiger partial charge in [-0.3, -0.25) is 18.4 Å². The van der Waals surface area contributed by atoms with Gasteiger partial charge in [-0.15, -0.1) is 22.7 Å². The Kier molecular flexibility index (Phi) is 6.23. The average molecular weight is 491 g/mol. The van der Waals surface area contributed by atoms with Gasteiger partial charge in [0.05, 0.1) is 36.7 Å². The molecule has 4 heterocycles. The Bertz CT molecular complexity index is 1360. The van der Waals surface area contributed by atoms with Crippen LogP contribution >= 0.6 is 22.7 Å². The number of imidazole rings is 2. The highest BCUT2D eigenvalue weighted by atomic mass is 32.1. The molecule has 1 aromatic carbocycles. The number of carbonyl (C=O) groups is 2. The van der Waals surface area contributed by atoms with Gasteiger partial charge in [-0.1, -0.05) is 18.2 Å². The van der Waals surface area contributed by atoms with Gasteiger partial charge < -0.3 is 0 Å². The number of rotatable bonds is 8. The van der Waals surface area contributed by atoms with Crippen LogP contribution in [0, 0.1) is 0 Å². The van der Waals surface area contributed by atoms with Crippen molar-refractivity contribution >= 4 is 56.8 Å². The first kappa shape index (κ1) is 21.7. The molecule has 0 radical (unpaired) electrons. The highest BCUT2D eigenvalue weighted by Gasteiger charge is 2.08. The van der Waals surface area contributed by atoms with E-state index >= 15 is 0 Å². The highest BCUT2D eigenvalue weighted by molar-refractivity contribution is 7.15. The summed E-state index contributed by atoms with van der Waals surface area (Å²) >= 11 is 3.03. The van der Waals surface area contributed by atoms with E-state index in [1.807, 2.05) is 68.6 Å². The van der Waals surface area contributed by atoms with E-state index in [9.17, 15) is 9.59 Å². The molecule has 0 aliphatic carbocycles. The molecule has 170 valence electrons. The predicted molar refractivity (Wildman–Crippen MR) is 131 cm³/mol. The Morgan fingerprint density at radius 1 is 0.853 bits per heavy atom. The third-order valence-electron chi connectivity index (χ3n) is 4.69. The summed E-state index contributed by atoms with van der Waals surface area (Å²) in [5, 5.41) is 11.9. The number of thiazole rings is 2. The van der Waals surface area contributed by atoms with Crippen molar-refractivity contribution < 1.29 is 9.59 Å². The van der Waals surface area contributed by atoms with Gasteiger partial charge in [-0.05, 0) is 17.2 Å². The first-order valence-corrected chi connectivity index (χ1v) is 11.9. The number of hydrogen-bond donors (Lipinski definition) is 2. The second-order valence-corrected chi connectivity index (χ2v) is 9.01. The van der Waals surface area contributed by atoms with Gasteiger partial charge in [0.2, 0.25) is 11.8 Å². The minimum Gasteiger partial charge on any atom is -0.297 e. The summed E-state index contributed by atoms with van der Waals surface area (Å²) in [6.45, 7) is 0. The smallest absolute Gasteiger partial charge is 0.246 e. The maximum absolute atomic E-state index is 12.1. The zero-order chi connectivity index (χ0) is 23.3. The van der Waals surface area contributed by atoms with Crippen LogP contribution in [0.1, 0.15) is 22.5 Å². The Balaban J connectivity index is 1.10. The van der Waals surface area contributed by atoms with Crippen LogP contribution in [-0.4, -0.2) is 43.0 Å². The molecule has 0 saturated carbocycles. The Hall–Kier alpha value is -4.16. The fourth-order valence-corrected chi connectivity index (χ4v) is 4.65. The third-order valence-corrected chi connectivity index (χ3v) is 6.23. The van der Waals surface area contributed by atoms with Crippen molar-refractivity contribution in [3.8, 4) is 0 Å². The zero-order valence-corrected chi connectivity index (χ0v) is 19.3. The lowest BCUT2D eigenvalue weighted by molar-refractivity contribution is -0.121. The molecule has 2 N–H and O–H groups in total. The van der Waals surface area contributed by atoms with Crippen LogP contribution in [0.25, 0.3) is 9.92 Å². The standard InChI is InChI=1S/C22H18N8O2S2/c31-19(9-17-13-29-4-6-33-21(29)25-17)27-23-11-15-2-1-3-16(8-15)12-24-28-20(32)10-18-14-30-5-7-34-22(30)26-18/h1-8,11-14H,9-10H2,(H,27,31)(H,28,32). The van der Waals surface area contributed by atoms with Crippen molar-refractivity contribution in [3.05, 3.63) is 82.3 Å². The molecule has 0 bridgehead atoms. The normalized spacial score (nSPS) is 11.8. The predicted octanol–water partition coefficient (Wildman–Crippen LogP) is 2.49. The molecule has 5 aromatic rings. The van der Waals surface area contributed by atoms with Gasteiger partial charge >= 0.3 is 0 Å². The molecule has 0 fully saturated rings. The van der Waals surface area contributed by atoms with Gasteiger partial charge in [0.25, 0.3) is 0 Å². The molecule has 0 aliphatic rings. The average Bonchev–Trinajstić information content (AvgIpc) is 3.56. The van der Waals surface area contributed by atoms with Crippen LogP contribution in [0.4, 0.5) is 0 Å². The van der Waals surface area contributed by atoms with Crippen molar-refractivity contribution in [2.24, 2.45) is 10.2 Å². The summed E-state index contributed by atoms with van der Waals surface area (Å²) in [6.07, 6.45) is 10.8. The second-order valence-electron chi connectivity index (χ2n) is 7.26. The topological polar surface area (TPSA) is 118 Å². The lowest BCUT2D eigenvalue weighted by atomic mass is 10.1. The maximum atomic E-state index is 12.1. The van der Waals surface area contributed by atoms with Crippen molar-refractivity contribution in [2.45, 2.75) is 12.8 Å². The Morgan fingerprint density at radius 2 is 1.35 bits per heavy atom. The fraction of sp³-hybridized carbons (Fsp3) is 0.0909. The molecule has 0 aliphatic heterocycles. The number of hydrogen-bond acceptors (Lipinski definition) is 8. The van der Waals surface area contributed by atoms with Crippen molar-refractivity contribution in [3.63, 3.8) is 0 Å². The summed E-state index contributed by atoms with van der Waals surface area (Å²) < 4.78 is 3.76. The number of aromatic nitrogens is 4. The highest BCUT2D eigenvalue weighted by Crippen LogP contribution is 2.12. The number of carbonyl (C=O) groups excluding carboxylic acids is 2. The quantitative estimate of drug-likeness (QED) is 0.257. The minimum atomic E-state index is -0.250. The summed E-state index contributed by atoms with van der Waals surface area (Å²) in [7, 11) is 0. The fourth-order valence-electron chi connectivity index (χ4n) is 3.21. The van der Waals surface area contributed by atoms with Crippen LogP contribution in [0.15, 0.2) is 70.0 Å². The third kappa shape index (κ3) is 5.24. The van der Waals surface area contributed by atoms with E-state index in [4.69, 9.17) is 0 Å². The molecule has 34 heavy (non-hydrogen) atoms. The summed E-state index contributed by atoms with van der Waals surface area (Å²) in [5.74, 6) is -0.500. The minimum absolute atomic E-state index is 0.148. The summed E-state index contributed by atoms with van der Waals surface area (Å²) in [6, 6.07) is 7.36. The Labute approximate surface area is 201 Å². The molecular formula is C22H18N8O2S2. The molecule has 4 aromatic heterocycles. The number of nitrogens with one attached hydrogen (secondary N) is 2. The van der Waals surface area contributed by atoms with Crippen LogP contribution in [0.3, 0.4) is 0 Å². The van der Waals surface area contributed by atoms with Crippen LogP contribution < -0.4 is 10.9 Å². The second kappa shape index (κ2) is 9.77. The SMILES string of the molecule is O=C(Cc1cn2ccsc2n1)NN=Cc1cccc(C=NNC(=O)Cc2cn3ccsc3n2)c1. The van der Waals surface area contributed by atoms with Crippen LogP contribution in [0.5, 0.6) is 0 Å². The molecule has 0 atom stereocenters. The molecule has 0 spiro atoms. The van der Waals surface area contributed by atoms with E-state index in [1.165, 1.54) is 22.7 Å². The molecule has 12 heteroatoms. The molecule has 2 amide bonds. The van der Waals surface area contributed by atoms with E-state index in [0.717, 1.165) is 21.0 Å². The molecule has 0 saturated heterocycles. The summed E-state index contributed by atoms with van der Waals surface area (Å²) in [5.41, 5.74) is 7.95. The number of hydrazone groups is 2. The lowest BCUT2D eigenvalue weighted by Crippen LogP contribution is -2.20. The van der Waals surface area contributed by atoms with E-state index in [0.29, 0.717) is 11.4 Å².